The predicted octanol–water partition coefficient (Wildman–Crippen LogP) is 2.12. The third kappa shape index (κ3) is 7.40. The van der Waals surface area contributed by atoms with E-state index in [9.17, 15) is 4.79 Å². The van der Waals surface area contributed by atoms with Gasteiger partial charge >= 0.3 is 5.97 Å². The fourth-order valence-corrected chi connectivity index (χ4v) is 0.520. The van der Waals surface area contributed by atoms with E-state index in [4.69, 9.17) is 11.6 Å². The minimum atomic E-state index is -0.479. The Hall–Kier alpha value is -0.500. The molecule has 0 bridgehead atoms. The molecule has 0 aromatic heterocycles. The molecule has 0 spiro atoms. The Morgan fingerprint density at radius 3 is 2.55 bits per heavy atom. The number of carbonyl (C=O) groups is 1. The van der Waals surface area contributed by atoms with Crippen molar-refractivity contribution in [3.63, 3.8) is 0 Å². The molecule has 0 rings (SSSR count). The molecular formula is C8H13ClO2. The number of hydrogen-bond donors (Lipinski definition) is 0. The topological polar surface area (TPSA) is 26.3 Å². The number of hydrogen-bond acceptors (Lipinski definition) is 2. The van der Waals surface area contributed by atoms with Crippen LogP contribution in [0.4, 0.5) is 0 Å². The summed E-state index contributed by atoms with van der Waals surface area (Å²) in [7, 11) is 0. The second-order valence-electron chi connectivity index (χ2n) is 2.65. The SMILES string of the molecule is CCOC(=O)C=CC(C)(C)Cl. The zero-order chi connectivity index (χ0) is 8.91. The lowest BCUT2D eigenvalue weighted by Gasteiger charge is -2.07. The van der Waals surface area contributed by atoms with Crippen molar-refractivity contribution in [2.24, 2.45) is 0 Å². The summed E-state index contributed by atoms with van der Waals surface area (Å²) < 4.78 is 4.65. The molecule has 0 fully saturated rings. The van der Waals surface area contributed by atoms with Gasteiger partial charge in [-0.05, 0) is 20.8 Å². The quantitative estimate of drug-likeness (QED) is 0.374. The number of alkyl halides is 1. The number of halogens is 1. The van der Waals surface area contributed by atoms with Gasteiger partial charge in [-0.2, -0.15) is 0 Å². The van der Waals surface area contributed by atoms with E-state index in [1.807, 2.05) is 0 Å². The van der Waals surface area contributed by atoms with Gasteiger partial charge in [0.15, 0.2) is 0 Å². The van der Waals surface area contributed by atoms with Gasteiger partial charge in [0.2, 0.25) is 0 Å². The highest BCUT2D eigenvalue weighted by molar-refractivity contribution is 6.24. The molecule has 0 aliphatic carbocycles. The molecule has 3 heteroatoms. The van der Waals surface area contributed by atoms with Crippen LogP contribution in [0.3, 0.4) is 0 Å². The maximum atomic E-state index is 10.7. The summed E-state index contributed by atoms with van der Waals surface area (Å²) in [5.41, 5.74) is 0. The summed E-state index contributed by atoms with van der Waals surface area (Å²) in [6.07, 6.45) is 2.95. The number of esters is 1. The average Bonchev–Trinajstić information content (AvgIpc) is 1.83. The molecule has 0 aliphatic heterocycles. The summed E-state index contributed by atoms with van der Waals surface area (Å²) >= 11 is 5.78. The normalized spacial score (nSPS) is 12.0. The van der Waals surface area contributed by atoms with Crippen LogP contribution in [0.25, 0.3) is 0 Å². The highest BCUT2D eigenvalue weighted by Gasteiger charge is 2.07. The molecule has 0 amide bonds. The van der Waals surface area contributed by atoms with Crippen LogP contribution in [0.15, 0.2) is 12.2 Å². The summed E-state index contributed by atoms with van der Waals surface area (Å²) in [5, 5.41) is 0. The van der Waals surface area contributed by atoms with Gasteiger partial charge < -0.3 is 4.74 Å². The lowest BCUT2D eigenvalue weighted by atomic mass is 10.2. The second-order valence-corrected chi connectivity index (χ2v) is 3.62. The molecule has 0 unspecified atom stereocenters. The molecule has 0 N–H and O–H groups in total. The van der Waals surface area contributed by atoms with E-state index in [-0.39, 0.29) is 5.97 Å². The van der Waals surface area contributed by atoms with Crippen molar-refractivity contribution >= 4 is 17.6 Å². The van der Waals surface area contributed by atoms with Gasteiger partial charge in [-0.3, -0.25) is 0 Å². The Bertz CT molecular complexity index is 156. The first-order chi connectivity index (χ1) is 4.95. The average molecular weight is 177 g/mol. The van der Waals surface area contributed by atoms with Gasteiger partial charge in [-0.15, -0.1) is 11.6 Å². The van der Waals surface area contributed by atoms with Gasteiger partial charge in [-0.1, -0.05) is 6.08 Å². The van der Waals surface area contributed by atoms with Crippen LogP contribution >= 0.6 is 11.6 Å². The van der Waals surface area contributed by atoms with Crippen LogP contribution in [-0.2, 0) is 9.53 Å². The monoisotopic (exact) mass is 176 g/mol. The third-order valence-corrected chi connectivity index (χ3v) is 1.03. The number of allylic oxidation sites excluding steroid dienone is 1. The maximum Gasteiger partial charge on any atom is 0.330 e. The van der Waals surface area contributed by atoms with E-state index in [2.05, 4.69) is 4.74 Å². The van der Waals surface area contributed by atoms with E-state index >= 15 is 0 Å². The fraction of sp³-hybridized carbons (Fsp3) is 0.625. The van der Waals surface area contributed by atoms with Crippen LogP contribution in [0, 0.1) is 0 Å². The van der Waals surface area contributed by atoms with E-state index in [0.717, 1.165) is 0 Å². The largest absolute Gasteiger partial charge is 0.463 e. The lowest BCUT2D eigenvalue weighted by molar-refractivity contribution is -0.137. The standard InChI is InChI=1S/C8H13ClO2/c1-4-11-7(10)5-6-8(2,3)9/h5-6H,4H2,1-3H3. The van der Waals surface area contributed by atoms with Gasteiger partial charge in [0.1, 0.15) is 0 Å². The number of rotatable bonds is 3. The highest BCUT2D eigenvalue weighted by atomic mass is 35.5. The third-order valence-electron chi connectivity index (χ3n) is 0.902. The number of ether oxygens (including phenoxy) is 1. The van der Waals surface area contributed by atoms with Gasteiger partial charge in [0.05, 0.1) is 11.5 Å². The zero-order valence-corrected chi connectivity index (χ0v) is 7.81. The lowest BCUT2D eigenvalue weighted by Crippen LogP contribution is -2.07. The summed E-state index contributed by atoms with van der Waals surface area (Å²) in [6.45, 7) is 5.75. The molecular weight excluding hydrogens is 164 g/mol. The van der Waals surface area contributed by atoms with Crippen molar-refractivity contribution in [3.8, 4) is 0 Å². The molecule has 0 saturated heterocycles. The Morgan fingerprint density at radius 2 is 2.18 bits per heavy atom. The summed E-state index contributed by atoms with van der Waals surface area (Å²) in [4.78, 5) is 10.2. The highest BCUT2D eigenvalue weighted by Crippen LogP contribution is 2.13. The Morgan fingerprint density at radius 1 is 1.64 bits per heavy atom. The first kappa shape index (κ1) is 10.5. The first-order valence-corrected chi connectivity index (χ1v) is 3.88. The van der Waals surface area contributed by atoms with Crippen LogP contribution in [0.1, 0.15) is 20.8 Å². The molecule has 0 saturated carbocycles. The van der Waals surface area contributed by atoms with E-state index in [1.54, 1.807) is 26.8 Å². The van der Waals surface area contributed by atoms with E-state index in [0.29, 0.717) is 6.61 Å². The fourth-order valence-electron chi connectivity index (χ4n) is 0.457. The van der Waals surface area contributed by atoms with E-state index < -0.39 is 4.87 Å². The number of carbonyl (C=O) groups excluding carboxylic acids is 1. The minimum absolute atomic E-state index is 0.346. The van der Waals surface area contributed by atoms with Crippen molar-refractivity contribution in [2.45, 2.75) is 25.6 Å². The van der Waals surface area contributed by atoms with Crippen molar-refractivity contribution in [1.29, 1.82) is 0 Å². The van der Waals surface area contributed by atoms with Gasteiger partial charge in [-0.25, -0.2) is 4.79 Å². The van der Waals surface area contributed by atoms with Crippen LogP contribution in [-0.4, -0.2) is 17.5 Å². The minimum Gasteiger partial charge on any atom is -0.463 e. The molecule has 0 aromatic carbocycles. The Kier molecular flexibility index (Phi) is 4.19. The summed E-state index contributed by atoms with van der Waals surface area (Å²) in [5.74, 6) is -0.346. The zero-order valence-electron chi connectivity index (χ0n) is 7.06. The van der Waals surface area contributed by atoms with Crippen molar-refractivity contribution in [3.05, 3.63) is 12.2 Å². The van der Waals surface area contributed by atoms with Crippen LogP contribution in [0.5, 0.6) is 0 Å². The smallest absolute Gasteiger partial charge is 0.330 e. The van der Waals surface area contributed by atoms with Crippen molar-refractivity contribution < 1.29 is 9.53 Å². The first-order valence-electron chi connectivity index (χ1n) is 3.50. The Balaban J connectivity index is 3.83. The molecule has 0 aromatic rings. The van der Waals surface area contributed by atoms with Gasteiger partial charge in [0.25, 0.3) is 0 Å². The molecule has 2 nitrogen and oxygen atoms in total. The Labute approximate surface area is 72.2 Å². The molecule has 0 aliphatic rings. The molecule has 64 valence electrons. The van der Waals surface area contributed by atoms with Crippen LogP contribution in [0.2, 0.25) is 0 Å². The molecule has 11 heavy (non-hydrogen) atoms. The van der Waals surface area contributed by atoms with Crippen molar-refractivity contribution in [1.82, 2.24) is 0 Å². The molecule has 0 radical (unpaired) electrons. The second kappa shape index (κ2) is 4.39. The molecule has 0 heterocycles. The maximum absolute atomic E-state index is 10.7. The van der Waals surface area contributed by atoms with Crippen LogP contribution < -0.4 is 0 Å². The predicted molar refractivity (Wildman–Crippen MR) is 45.7 cm³/mol. The van der Waals surface area contributed by atoms with Gasteiger partial charge in [0, 0.05) is 6.08 Å². The van der Waals surface area contributed by atoms with E-state index in [1.165, 1.54) is 6.08 Å². The molecule has 0 atom stereocenters. The van der Waals surface area contributed by atoms with Crippen molar-refractivity contribution in [2.75, 3.05) is 6.61 Å². The summed E-state index contributed by atoms with van der Waals surface area (Å²) in [6, 6.07) is 0.